The second-order valence-corrected chi connectivity index (χ2v) is 10.5. The number of nitrogens with zero attached hydrogens (tertiary/aromatic N) is 1. The van der Waals surface area contributed by atoms with Crippen molar-refractivity contribution < 1.29 is 8.83 Å². The Balaban J connectivity index is 1.29. The van der Waals surface area contributed by atoms with Gasteiger partial charge in [-0.25, -0.2) is 0 Å². The Morgan fingerprint density at radius 1 is 0.439 bits per heavy atom. The summed E-state index contributed by atoms with van der Waals surface area (Å²) in [4.78, 5) is 0. The van der Waals surface area contributed by atoms with E-state index >= 15 is 0 Å². The van der Waals surface area contributed by atoms with Crippen LogP contribution in [0.5, 0.6) is 0 Å². The van der Waals surface area contributed by atoms with Gasteiger partial charge in [-0.1, -0.05) is 84.9 Å². The molecular formula is C38H23NO2. The van der Waals surface area contributed by atoms with Crippen molar-refractivity contribution >= 4 is 54.9 Å². The zero-order valence-corrected chi connectivity index (χ0v) is 22.0. The molecule has 3 heteroatoms. The molecule has 0 amide bonds. The fraction of sp³-hybridized carbons (Fsp3) is 0. The predicted molar refractivity (Wildman–Crippen MR) is 169 cm³/mol. The Hall–Kier alpha value is -5.54. The highest BCUT2D eigenvalue weighted by atomic mass is 16.3. The third kappa shape index (κ3) is 3.26. The molecule has 0 aliphatic rings. The molecular weight excluding hydrogens is 502 g/mol. The van der Waals surface area contributed by atoms with E-state index in [1.54, 1.807) is 0 Å². The molecule has 9 aromatic rings. The van der Waals surface area contributed by atoms with Crippen LogP contribution in [-0.2, 0) is 0 Å². The summed E-state index contributed by atoms with van der Waals surface area (Å²) in [6, 6.07) is 48.9. The lowest BCUT2D eigenvalue weighted by molar-refractivity contribution is 0.669. The van der Waals surface area contributed by atoms with Gasteiger partial charge in [-0.3, -0.25) is 0 Å². The van der Waals surface area contributed by atoms with E-state index in [0.717, 1.165) is 82.9 Å². The van der Waals surface area contributed by atoms with Crippen molar-refractivity contribution in [3.05, 3.63) is 140 Å². The van der Waals surface area contributed by atoms with Gasteiger partial charge in [-0.2, -0.15) is 0 Å². The monoisotopic (exact) mass is 525 g/mol. The van der Waals surface area contributed by atoms with Gasteiger partial charge in [0.25, 0.3) is 0 Å². The van der Waals surface area contributed by atoms with E-state index < -0.39 is 0 Å². The lowest BCUT2D eigenvalue weighted by Crippen LogP contribution is -1.93. The summed E-state index contributed by atoms with van der Waals surface area (Å²) in [6.07, 6.45) is 0. The summed E-state index contributed by atoms with van der Waals surface area (Å²) in [5.41, 5.74) is 11.6. The number of para-hydroxylation sites is 3. The molecule has 192 valence electrons. The van der Waals surface area contributed by atoms with Crippen molar-refractivity contribution in [2.24, 2.45) is 0 Å². The van der Waals surface area contributed by atoms with Crippen LogP contribution in [0.15, 0.2) is 148 Å². The molecule has 0 aliphatic heterocycles. The zero-order valence-electron chi connectivity index (χ0n) is 22.0. The van der Waals surface area contributed by atoms with Gasteiger partial charge in [0.15, 0.2) is 5.58 Å². The highest BCUT2D eigenvalue weighted by molar-refractivity contribution is 6.20. The van der Waals surface area contributed by atoms with Crippen LogP contribution in [0, 0.1) is 0 Å². The van der Waals surface area contributed by atoms with Gasteiger partial charge >= 0.3 is 0 Å². The molecule has 3 heterocycles. The number of hydrogen-bond acceptors (Lipinski definition) is 2. The van der Waals surface area contributed by atoms with Crippen molar-refractivity contribution in [2.75, 3.05) is 0 Å². The minimum absolute atomic E-state index is 0.889. The Bertz CT molecular complexity index is 2420. The first-order valence-electron chi connectivity index (χ1n) is 13.9. The number of hydrogen-bond donors (Lipinski definition) is 0. The first-order valence-corrected chi connectivity index (χ1v) is 13.9. The lowest BCUT2D eigenvalue weighted by atomic mass is 9.96. The molecule has 0 radical (unpaired) electrons. The quantitative estimate of drug-likeness (QED) is 0.230. The van der Waals surface area contributed by atoms with Gasteiger partial charge in [0, 0.05) is 21.8 Å². The SMILES string of the molecule is c1ccc(-n2c3ccccc3c3oc4cccc(-c5cccc(-c6ccc7oc8ccccc8c7c6)c5)c4c32)cc1. The number of benzene rings is 6. The second kappa shape index (κ2) is 8.48. The molecule has 3 aromatic heterocycles. The fourth-order valence-electron chi connectivity index (χ4n) is 6.37. The fourth-order valence-corrected chi connectivity index (χ4v) is 6.37. The summed E-state index contributed by atoms with van der Waals surface area (Å²) in [5, 5.41) is 4.51. The average Bonchev–Trinajstić information content (AvgIpc) is 3.70. The topological polar surface area (TPSA) is 31.2 Å². The molecule has 0 aliphatic carbocycles. The van der Waals surface area contributed by atoms with Crippen LogP contribution in [0.25, 0.3) is 82.9 Å². The number of furan rings is 2. The van der Waals surface area contributed by atoms with Crippen molar-refractivity contribution in [1.82, 2.24) is 4.57 Å². The molecule has 9 rings (SSSR count). The molecule has 0 atom stereocenters. The van der Waals surface area contributed by atoms with E-state index in [0.29, 0.717) is 0 Å². The van der Waals surface area contributed by atoms with E-state index in [-0.39, 0.29) is 0 Å². The summed E-state index contributed by atoms with van der Waals surface area (Å²) in [7, 11) is 0. The summed E-state index contributed by atoms with van der Waals surface area (Å²) >= 11 is 0. The van der Waals surface area contributed by atoms with Gasteiger partial charge in [-0.05, 0) is 76.9 Å². The van der Waals surface area contributed by atoms with Gasteiger partial charge in [0.2, 0.25) is 0 Å². The normalized spacial score (nSPS) is 11.9. The highest BCUT2D eigenvalue weighted by Gasteiger charge is 2.21. The largest absolute Gasteiger partial charge is 0.456 e. The minimum atomic E-state index is 0.889. The summed E-state index contributed by atoms with van der Waals surface area (Å²) < 4.78 is 15.0. The molecule has 6 aromatic carbocycles. The minimum Gasteiger partial charge on any atom is -0.456 e. The van der Waals surface area contributed by atoms with Crippen molar-refractivity contribution in [1.29, 1.82) is 0 Å². The lowest BCUT2D eigenvalue weighted by Gasteiger charge is -2.10. The molecule has 0 N–H and O–H groups in total. The van der Waals surface area contributed by atoms with Crippen LogP contribution in [0.2, 0.25) is 0 Å². The Morgan fingerprint density at radius 3 is 2.07 bits per heavy atom. The molecule has 3 nitrogen and oxygen atoms in total. The van der Waals surface area contributed by atoms with E-state index in [1.165, 1.54) is 0 Å². The molecule has 0 unspecified atom stereocenters. The average molecular weight is 526 g/mol. The first-order chi connectivity index (χ1) is 20.3. The summed E-state index contributed by atoms with van der Waals surface area (Å²) in [5.74, 6) is 0. The van der Waals surface area contributed by atoms with Crippen molar-refractivity contribution in [2.45, 2.75) is 0 Å². The van der Waals surface area contributed by atoms with Crippen molar-refractivity contribution in [3.8, 4) is 27.9 Å². The molecule has 0 fully saturated rings. The Labute approximate surface area is 235 Å². The Kier molecular flexibility index (Phi) is 4.61. The molecule has 0 bridgehead atoms. The maximum atomic E-state index is 6.59. The van der Waals surface area contributed by atoms with E-state index in [4.69, 9.17) is 8.83 Å². The van der Waals surface area contributed by atoms with Crippen LogP contribution >= 0.6 is 0 Å². The highest BCUT2D eigenvalue weighted by Crippen LogP contribution is 2.43. The maximum absolute atomic E-state index is 6.59. The third-order valence-corrected chi connectivity index (χ3v) is 8.20. The maximum Gasteiger partial charge on any atom is 0.161 e. The Morgan fingerprint density at radius 2 is 1.15 bits per heavy atom. The standard InChI is InChI=1S/C38H23NO2/c1-2-12-27(13-3-1)39-32-17-6-4-15-30(32)38-37(39)36-28(16-9-19-35(36)41-38)26-11-8-10-24(22-26)25-20-21-34-31(23-25)29-14-5-7-18-33(29)40-34/h1-23H. The van der Waals surface area contributed by atoms with Crippen LogP contribution < -0.4 is 0 Å². The predicted octanol–water partition coefficient (Wildman–Crippen LogP) is 10.8. The summed E-state index contributed by atoms with van der Waals surface area (Å²) in [6.45, 7) is 0. The van der Waals surface area contributed by atoms with Crippen LogP contribution in [-0.4, -0.2) is 4.57 Å². The number of fused-ring (bicyclic) bond motifs is 8. The molecule has 41 heavy (non-hydrogen) atoms. The van der Waals surface area contributed by atoms with E-state index in [2.05, 4.69) is 132 Å². The zero-order chi connectivity index (χ0) is 26.9. The van der Waals surface area contributed by atoms with Gasteiger partial charge in [-0.15, -0.1) is 0 Å². The van der Waals surface area contributed by atoms with E-state index in [1.807, 2.05) is 12.1 Å². The van der Waals surface area contributed by atoms with Crippen LogP contribution in [0.4, 0.5) is 0 Å². The van der Waals surface area contributed by atoms with Crippen molar-refractivity contribution in [3.63, 3.8) is 0 Å². The first kappa shape index (κ1) is 22.3. The van der Waals surface area contributed by atoms with Crippen LogP contribution in [0.1, 0.15) is 0 Å². The van der Waals surface area contributed by atoms with E-state index in [9.17, 15) is 0 Å². The van der Waals surface area contributed by atoms with Crippen LogP contribution in [0.3, 0.4) is 0 Å². The number of aromatic nitrogens is 1. The molecule has 0 spiro atoms. The van der Waals surface area contributed by atoms with Gasteiger partial charge in [0.05, 0.1) is 10.9 Å². The smallest absolute Gasteiger partial charge is 0.161 e. The second-order valence-electron chi connectivity index (χ2n) is 10.5. The van der Waals surface area contributed by atoms with Gasteiger partial charge in [0.1, 0.15) is 22.3 Å². The molecule has 0 saturated carbocycles. The third-order valence-electron chi connectivity index (χ3n) is 8.20. The van der Waals surface area contributed by atoms with Gasteiger partial charge < -0.3 is 13.4 Å². The molecule has 0 saturated heterocycles. The number of rotatable bonds is 3.